The molecule has 0 unspecified atom stereocenters. The zero-order valence-corrected chi connectivity index (χ0v) is 14.3. The second-order valence-electron chi connectivity index (χ2n) is 6.62. The van der Waals surface area contributed by atoms with Gasteiger partial charge in [0.05, 0.1) is 0 Å². The van der Waals surface area contributed by atoms with E-state index in [1.807, 2.05) is 36.4 Å². The Bertz CT molecular complexity index is 749. The standard InChI is InChI=1S/C20H24N2O3/c23-19-18(22-20(24)25-14-16-9-5-2-6-10-16)12-11-17(21-19)13-15-7-3-1-4-8-15/h2,5-6,9-12,15H,1,3-4,7-8,13-14H2,(H,21,23)(H,22,24). The van der Waals surface area contributed by atoms with E-state index in [0.29, 0.717) is 5.92 Å². The number of aromatic nitrogens is 1. The summed E-state index contributed by atoms with van der Waals surface area (Å²) in [6.45, 7) is 0.171. The molecule has 1 fully saturated rings. The molecule has 0 bridgehead atoms. The minimum Gasteiger partial charge on any atom is -0.444 e. The number of carbonyl (C=O) groups excluding carboxylic acids is 1. The van der Waals surface area contributed by atoms with Crippen LogP contribution in [0.2, 0.25) is 0 Å². The highest BCUT2D eigenvalue weighted by atomic mass is 16.5. The lowest BCUT2D eigenvalue weighted by Crippen LogP contribution is -2.22. The van der Waals surface area contributed by atoms with Gasteiger partial charge in [0.25, 0.3) is 5.56 Å². The van der Waals surface area contributed by atoms with Crippen LogP contribution < -0.4 is 10.9 Å². The Morgan fingerprint density at radius 2 is 1.84 bits per heavy atom. The maximum absolute atomic E-state index is 12.2. The van der Waals surface area contributed by atoms with E-state index in [1.165, 1.54) is 32.1 Å². The molecule has 1 aromatic heterocycles. The summed E-state index contributed by atoms with van der Waals surface area (Å²) in [6.07, 6.45) is 6.61. The second-order valence-corrected chi connectivity index (χ2v) is 6.62. The maximum Gasteiger partial charge on any atom is 0.412 e. The highest BCUT2D eigenvalue weighted by Gasteiger charge is 2.15. The minimum absolute atomic E-state index is 0.171. The predicted octanol–water partition coefficient (Wildman–Crippen LogP) is 4.25. The Morgan fingerprint density at radius 3 is 2.56 bits per heavy atom. The van der Waals surface area contributed by atoms with Gasteiger partial charge in [-0.2, -0.15) is 0 Å². The lowest BCUT2D eigenvalue weighted by molar-refractivity contribution is 0.155. The highest BCUT2D eigenvalue weighted by Crippen LogP contribution is 2.26. The molecule has 25 heavy (non-hydrogen) atoms. The van der Waals surface area contributed by atoms with Crippen molar-refractivity contribution in [1.29, 1.82) is 0 Å². The number of rotatable bonds is 5. The third-order valence-corrected chi connectivity index (χ3v) is 4.65. The van der Waals surface area contributed by atoms with Crippen LogP contribution in [-0.4, -0.2) is 11.1 Å². The molecule has 2 aromatic rings. The van der Waals surface area contributed by atoms with Gasteiger partial charge in [-0.25, -0.2) is 4.79 Å². The number of nitrogens with one attached hydrogen (secondary N) is 2. The Morgan fingerprint density at radius 1 is 1.08 bits per heavy atom. The minimum atomic E-state index is -0.630. The number of ether oxygens (including phenoxy) is 1. The molecule has 0 atom stereocenters. The van der Waals surface area contributed by atoms with E-state index in [-0.39, 0.29) is 17.9 Å². The van der Waals surface area contributed by atoms with Crippen LogP contribution in [0.4, 0.5) is 10.5 Å². The van der Waals surface area contributed by atoms with Crippen LogP contribution in [0.25, 0.3) is 0 Å². The van der Waals surface area contributed by atoms with Crippen molar-refractivity contribution in [3.05, 3.63) is 64.1 Å². The second kappa shape index (κ2) is 8.51. The summed E-state index contributed by atoms with van der Waals surface area (Å²) in [5, 5.41) is 2.51. The van der Waals surface area contributed by atoms with Gasteiger partial charge in [0, 0.05) is 5.69 Å². The molecule has 0 saturated heterocycles. The molecule has 1 saturated carbocycles. The van der Waals surface area contributed by atoms with Crippen molar-refractivity contribution < 1.29 is 9.53 Å². The lowest BCUT2D eigenvalue weighted by atomic mass is 9.86. The van der Waals surface area contributed by atoms with Gasteiger partial charge in [0.15, 0.2) is 0 Å². The van der Waals surface area contributed by atoms with E-state index in [9.17, 15) is 9.59 Å². The van der Waals surface area contributed by atoms with Crippen LogP contribution in [0.15, 0.2) is 47.3 Å². The number of H-pyrrole nitrogens is 1. The number of hydrogen-bond acceptors (Lipinski definition) is 3. The van der Waals surface area contributed by atoms with Crippen LogP contribution in [-0.2, 0) is 17.8 Å². The van der Waals surface area contributed by atoms with Crippen molar-refractivity contribution in [2.45, 2.75) is 45.1 Å². The number of hydrogen-bond donors (Lipinski definition) is 2. The van der Waals surface area contributed by atoms with Gasteiger partial charge in [0.1, 0.15) is 12.3 Å². The number of aromatic amines is 1. The van der Waals surface area contributed by atoms with Crippen LogP contribution in [0.5, 0.6) is 0 Å². The zero-order valence-electron chi connectivity index (χ0n) is 14.3. The smallest absolute Gasteiger partial charge is 0.412 e. The van der Waals surface area contributed by atoms with Gasteiger partial charge in [-0.3, -0.25) is 10.1 Å². The van der Waals surface area contributed by atoms with Crippen molar-refractivity contribution in [3.63, 3.8) is 0 Å². The SMILES string of the molecule is O=C(Nc1ccc(CC2CCCCC2)[nH]c1=O)OCc1ccccc1. The van der Waals surface area contributed by atoms with Gasteiger partial charge < -0.3 is 9.72 Å². The highest BCUT2D eigenvalue weighted by molar-refractivity contribution is 5.84. The van der Waals surface area contributed by atoms with Crippen LogP contribution >= 0.6 is 0 Å². The Balaban J connectivity index is 1.53. The van der Waals surface area contributed by atoms with Gasteiger partial charge in [0.2, 0.25) is 0 Å². The first-order chi connectivity index (χ1) is 12.2. The van der Waals surface area contributed by atoms with Crippen molar-refractivity contribution >= 4 is 11.8 Å². The molecule has 1 aliphatic carbocycles. The monoisotopic (exact) mass is 340 g/mol. The quantitative estimate of drug-likeness (QED) is 0.855. The fourth-order valence-electron chi connectivity index (χ4n) is 3.30. The van der Waals surface area contributed by atoms with E-state index in [4.69, 9.17) is 4.74 Å². The lowest BCUT2D eigenvalue weighted by Gasteiger charge is -2.21. The molecule has 0 radical (unpaired) electrons. The normalized spacial score (nSPS) is 14.9. The van der Waals surface area contributed by atoms with Crippen LogP contribution in [0, 0.1) is 5.92 Å². The fraction of sp³-hybridized carbons (Fsp3) is 0.400. The van der Waals surface area contributed by atoms with Crippen molar-refractivity contribution in [1.82, 2.24) is 4.98 Å². The summed E-state index contributed by atoms with van der Waals surface area (Å²) in [5.41, 5.74) is 1.75. The zero-order chi connectivity index (χ0) is 17.5. The van der Waals surface area contributed by atoms with E-state index in [1.54, 1.807) is 6.07 Å². The average molecular weight is 340 g/mol. The Labute approximate surface area is 147 Å². The van der Waals surface area contributed by atoms with E-state index in [0.717, 1.165) is 17.7 Å². The molecule has 1 amide bonds. The van der Waals surface area contributed by atoms with Crippen molar-refractivity contribution in [3.8, 4) is 0 Å². The average Bonchev–Trinajstić information content (AvgIpc) is 2.64. The third kappa shape index (κ3) is 5.21. The van der Waals surface area contributed by atoms with E-state index >= 15 is 0 Å². The van der Waals surface area contributed by atoms with E-state index in [2.05, 4.69) is 10.3 Å². The molecule has 5 nitrogen and oxygen atoms in total. The Hall–Kier alpha value is -2.56. The number of pyridine rings is 1. The number of carbonyl (C=O) groups is 1. The topological polar surface area (TPSA) is 71.2 Å². The number of anilines is 1. The fourth-order valence-corrected chi connectivity index (χ4v) is 3.30. The van der Waals surface area contributed by atoms with Crippen LogP contribution in [0.3, 0.4) is 0 Å². The molecule has 1 aromatic carbocycles. The van der Waals surface area contributed by atoms with Crippen molar-refractivity contribution in [2.75, 3.05) is 5.32 Å². The largest absolute Gasteiger partial charge is 0.444 e. The van der Waals surface area contributed by atoms with Crippen molar-refractivity contribution in [2.24, 2.45) is 5.92 Å². The first-order valence-electron chi connectivity index (χ1n) is 8.90. The molecule has 5 heteroatoms. The van der Waals surface area contributed by atoms with E-state index < -0.39 is 6.09 Å². The molecule has 0 spiro atoms. The van der Waals surface area contributed by atoms with Gasteiger partial charge >= 0.3 is 6.09 Å². The predicted molar refractivity (Wildman–Crippen MR) is 97.6 cm³/mol. The van der Waals surface area contributed by atoms with Gasteiger partial charge in [-0.1, -0.05) is 62.4 Å². The van der Waals surface area contributed by atoms with Gasteiger partial charge in [-0.15, -0.1) is 0 Å². The summed E-state index contributed by atoms with van der Waals surface area (Å²) < 4.78 is 5.14. The summed E-state index contributed by atoms with van der Waals surface area (Å²) in [4.78, 5) is 26.9. The summed E-state index contributed by atoms with van der Waals surface area (Å²) in [5.74, 6) is 0.652. The molecular formula is C20H24N2O3. The molecule has 1 heterocycles. The first-order valence-corrected chi connectivity index (χ1v) is 8.90. The molecule has 1 aliphatic rings. The summed E-state index contributed by atoms with van der Waals surface area (Å²) in [7, 11) is 0. The maximum atomic E-state index is 12.2. The molecule has 132 valence electrons. The molecule has 3 rings (SSSR count). The number of benzene rings is 1. The summed E-state index contributed by atoms with van der Waals surface area (Å²) in [6, 6.07) is 12.9. The third-order valence-electron chi connectivity index (χ3n) is 4.65. The molecule has 0 aliphatic heterocycles. The molecule has 2 N–H and O–H groups in total. The Kier molecular flexibility index (Phi) is 5.88. The van der Waals surface area contributed by atoms with Crippen LogP contribution in [0.1, 0.15) is 43.4 Å². The first kappa shape index (κ1) is 17.3. The molecular weight excluding hydrogens is 316 g/mol. The summed E-state index contributed by atoms with van der Waals surface area (Å²) >= 11 is 0. The number of amides is 1. The van der Waals surface area contributed by atoms with Gasteiger partial charge in [-0.05, 0) is 30.0 Å².